The van der Waals surface area contributed by atoms with Crippen LogP contribution in [0.3, 0.4) is 0 Å². The van der Waals surface area contributed by atoms with E-state index >= 15 is 0 Å². The van der Waals surface area contributed by atoms with Crippen molar-refractivity contribution in [2.45, 2.75) is 26.7 Å². The fraction of sp³-hybridized carbons (Fsp3) is 0.250. The Bertz CT molecular complexity index is 583. The van der Waals surface area contributed by atoms with Crippen molar-refractivity contribution in [3.8, 4) is 28.4 Å². The molecule has 3 N–H and O–H groups in total. The highest BCUT2D eigenvalue weighted by atomic mass is 16.3. The van der Waals surface area contributed by atoms with Crippen LogP contribution in [0.2, 0.25) is 0 Å². The average Bonchev–Trinajstić information content (AvgIpc) is 2.36. The Kier molecular flexibility index (Phi) is 3.65. The third-order valence-electron chi connectivity index (χ3n) is 3.29. The molecule has 0 amide bonds. The molecule has 0 aliphatic rings. The molecule has 0 radical (unpaired) electrons. The minimum absolute atomic E-state index is 0.00658. The molecule has 0 fully saturated rings. The Morgan fingerprint density at radius 3 is 1.84 bits per heavy atom. The minimum atomic E-state index is 0.00658. The number of phenolic OH excluding ortho intramolecular Hbond substituents is 3. The maximum Gasteiger partial charge on any atom is 0.119 e. The molecule has 2 aromatic rings. The van der Waals surface area contributed by atoms with Crippen molar-refractivity contribution in [1.29, 1.82) is 0 Å². The third-order valence-corrected chi connectivity index (χ3v) is 3.29. The van der Waals surface area contributed by atoms with Gasteiger partial charge in [-0.25, -0.2) is 0 Å². The van der Waals surface area contributed by atoms with Crippen LogP contribution in [0.4, 0.5) is 0 Å². The summed E-state index contributed by atoms with van der Waals surface area (Å²) in [7, 11) is 0. The summed E-state index contributed by atoms with van der Waals surface area (Å²) in [4.78, 5) is 0. The van der Waals surface area contributed by atoms with Crippen molar-refractivity contribution >= 4 is 0 Å². The fourth-order valence-electron chi connectivity index (χ4n) is 2.37. The molecule has 2 rings (SSSR count). The van der Waals surface area contributed by atoms with Gasteiger partial charge in [-0.1, -0.05) is 19.9 Å². The van der Waals surface area contributed by atoms with E-state index in [1.54, 1.807) is 18.2 Å². The minimum Gasteiger partial charge on any atom is -0.508 e. The second-order valence-electron chi connectivity index (χ2n) is 4.58. The number of phenols is 3. The molecule has 3 heteroatoms. The van der Waals surface area contributed by atoms with Crippen LogP contribution in [0, 0.1) is 0 Å². The van der Waals surface area contributed by atoms with Crippen LogP contribution < -0.4 is 0 Å². The van der Waals surface area contributed by atoms with Crippen molar-refractivity contribution in [2.75, 3.05) is 0 Å². The Hall–Kier alpha value is -2.16. The summed E-state index contributed by atoms with van der Waals surface area (Å²) in [6, 6.07) is 8.09. The number of rotatable bonds is 3. The number of benzene rings is 2. The zero-order valence-corrected chi connectivity index (χ0v) is 11.1. The fourth-order valence-corrected chi connectivity index (χ4v) is 2.37. The third kappa shape index (κ3) is 2.65. The van der Waals surface area contributed by atoms with Gasteiger partial charge in [0, 0.05) is 6.07 Å². The lowest BCUT2D eigenvalue weighted by Gasteiger charge is -2.12. The summed E-state index contributed by atoms with van der Waals surface area (Å²) in [6.45, 7) is 4.05. The van der Waals surface area contributed by atoms with Gasteiger partial charge in [-0.15, -0.1) is 0 Å². The first-order valence-electron chi connectivity index (χ1n) is 6.43. The molecule has 0 aliphatic carbocycles. The molecular weight excluding hydrogens is 240 g/mol. The van der Waals surface area contributed by atoms with E-state index < -0.39 is 0 Å². The predicted molar refractivity (Wildman–Crippen MR) is 75.6 cm³/mol. The van der Waals surface area contributed by atoms with Gasteiger partial charge in [0.2, 0.25) is 0 Å². The van der Waals surface area contributed by atoms with Crippen LogP contribution in [0.15, 0.2) is 30.3 Å². The van der Waals surface area contributed by atoms with E-state index in [-0.39, 0.29) is 17.2 Å². The van der Waals surface area contributed by atoms with E-state index in [0.29, 0.717) is 5.56 Å². The van der Waals surface area contributed by atoms with Crippen LogP contribution in [0.25, 0.3) is 11.1 Å². The summed E-state index contributed by atoms with van der Waals surface area (Å²) in [6.07, 6.45) is 1.61. The Morgan fingerprint density at radius 2 is 1.32 bits per heavy atom. The van der Waals surface area contributed by atoms with Gasteiger partial charge in [-0.2, -0.15) is 0 Å². The Balaban J connectivity index is 2.59. The van der Waals surface area contributed by atoms with E-state index in [4.69, 9.17) is 0 Å². The average molecular weight is 258 g/mol. The lowest BCUT2D eigenvalue weighted by atomic mass is 9.95. The number of hydrogen-bond donors (Lipinski definition) is 3. The van der Waals surface area contributed by atoms with Gasteiger partial charge in [0.25, 0.3) is 0 Å². The first-order chi connectivity index (χ1) is 9.05. The second-order valence-corrected chi connectivity index (χ2v) is 4.58. The van der Waals surface area contributed by atoms with E-state index in [0.717, 1.165) is 29.5 Å². The smallest absolute Gasteiger partial charge is 0.119 e. The zero-order valence-electron chi connectivity index (χ0n) is 11.1. The van der Waals surface area contributed by atoms with Gasteiger partial charge in [0.15, 0.2) is 0 Å². The summed E-state index contributed by atoms with van der Waals surface area (Å²) in [5, 5.41) is 29.1. The van der Waals surface area contributed by atoms with E-state index in [1.165, 1.54) is 6.07 Å². The molecule has 0 heterocycles. The molecule has 0 saturated heterocycles. The molecule has 0 aromatic heterocycles. The van der Waals surface area contributed by atoms with Crippen LogP contribution in [-0.2, 0) is 12.8 Å². The van der Waals surface area contributed by atoms with E-state index in [2.05, 4.69) is 0 Å². The van der Waals surface area contributed by atoms with Gasteiger partial charge in [0.1, 0.15) is 17.2 Å². The van der Waals surface area contributed by atoms with Crippen LogP contribution in [-0.4, -0.2) is 15.3 Å². The molecule has 3 nitrogen and oxygen atoms in total. The van der Waals surface area contributed by atoms with Crippen molar-refractivity contribution in [1.82, 2.24) is 0 Å². The first-order valence-corrected chi connectivity index (χ1v) is 6.43. The van der Waals surface area contributed by atoms with Crippen molar-refractivity contribution in [2.24, 2.45) is 0 Å². The Morgan fingerprint density at radius 1 is 0.737 bits per heavy atom. The summed E-state index contributed by atoms with van der Waals surface area (Å²) in [5.41, 5.74) is 3.51. The lowest BCUT2D eigenvalue weighted by molar-refractivity contribution is 0.451. The van der Waals surface area contributed by atoms with Crippen LogP contribution >= 0.6 is 0 Å². The van der Waals surface area contributed by atoms with Crippen molar-refractivity contribution in [3.63, 3.8) is 0 Å². The largest absolute Gasteiger partial charge is 0.508 e. The molecule has 0 spiro atoms. The molecule has 0 bridgehead atoms. The normalized spacial score (nSPS) is 10.6. The van der Waals surface area contributed by atoms with Crippen LogP contribution in [0.5, 0.6) is 17.2 Å². The highest BCUT2D eigenvalue weighted by Gasteiger charge is 2.10. The van der Waals surface area contributed by atoms with E-state index in [9.17, 15) is 15.3 Å². The standard InChI is InChI=1S/C16H18O3/c1-3-10-5-11(8-16(19)15(10)4-2)12-6-13(17)9-14(18)7-12/h5-9,17-19H,3-4H2,1-2H3. The van der Waals surface area contributed by atoms with Gasteiger partial charge >= 0.3 is 0 Å². The van der Waals surface area contributed by atoms with E-state index in [1.807, 2.05) is 19.9 Å². The lowest BCUT2D eigenvalue weighted by Crippen LogP contribution is -1.93. The number of aromatic hydroxyl groups is 3. The summed E-state index contributed by atoms with van der Waals surface area (Å²) >= 11 is 0. The molecule has 0 unspecified atom stereocenters. The molecule has 19 heavy (non-hydrogen) atoms. The van der Waals surface area contributed by atoms with Gasteiger partial charge in [0.05, 0.1) is 0 Å². The number of aryl methyl sites for hydroxylation is 1. The zero-order chi connectivity index (χ0) is 14.0. The van der Waals surface area contributed by atoms with Gasteiger partial charge < -0.3 is 15.3 Å². The molecule has 0 aliphatic heterocycles. The molecular formula is C16H18O3. The highest BCUT2D eigenvalue weighted by Crippen LogP contribution is 2.33. The SMILES string of the molecule is CCc1cc(-c2cc(O)cc(O)c2)cc(O)c1CC. The maximum absolute atomic E-state index is 10.1. The highest BCUT2D eigenvalue weighted by molar-refractivity contribution is 5.70. The predicted octanol–water partition coefficient (Wildman–Crippen LogP) is 3.60. The molecule has 0 saturated carbocycles. The monoisotopic (exact) mass is 258 g/mol. The van der Waals surface area contributed by atoms with Crippen LogP contribution in [0.1, 0.15) is 25.0 Å². The maximum atomic E-state index is 10.1. The summed E-state index contributed by atoms with van der Waals surface area (Å²) in [5.74, 6) is 0.277. The topological polar surface area (TPSA) is 60.7 Å². The quantitative estimate of drug-likeness (QED) is 0.788. The summed E-state index contributed by atoms with van der Waals surface area (Å²) < 4.78 is 0. The van der Waals surface area contributed by atoms with Crippen molar-refractivity contribution in [3.05, 3.63) is 41.5 Å². The number of hydrogen-bond acceptors (Lipinski definition) is 3. The second kappa shape index (κ2) is 5.22. The first kappa shape index (κ1) is 13.3. The van der Waals surface area contributed by atoms with Gasteiger partial charge in [-0.3, -0.25) is 0 Å². The van der Waals surface area contributed by atoms with Gasteiger partial charge in [-0.05, 0) is 53.3 Å². The molecule has 100 valence electrons. The van der Waals surface area contributed by atoms with Crippen molar-refractivity contribution < 1.29 is 15.3 Å². The molecule has 2 aromatic carbocycles. The molecule has 0 atom stereocenters. The Labute approximate surface area is 112 Å².